The Morgan fingerprint density at radius 3 is 2.59 bits per heavy atom. The maximum absolute atomic E-state index is 12.2. The predicted molar refractivity (Wildman–Crippen MR) is 74.9 cm³/mol. The average molecular weight is 297 g/mol. The van der Waals surface area contributed by atoms with E-state index in [1.807, 2.05) is 13.8 Å². The monoisotopic (exact) mass is 296 g/mol. The minimum atomic E-state index is -0.0245. The van der Waals surface area contributed by atoms with Crippen LogP contribution in [0.25, 0.3) is 0 Å². The molecule has 3 nitrogen and oxygen atoms in total. The standard InChI is InChI=1S/C13H17BrN2O/c1-4-16(8-9(2)3)13(17)10-5-11(14)7-12(15)6-10/h5-7H,2,4,8,15H2,1,3H3. The Hall–Kier alpha value is -1.29. The molecule has 0 radical (unpaired) electrons. The van der Waals surface area contributed by atoms with E-state index in [9.17, 15) is 4.79 Å². The number of likely N-dealkylation sites (N-methyl/N-ethyl adjacent to an activating group) is 1. The fourth-order valence-electron chi connectivity index (χ4n) is 1.57. The summed E-state index contributed by atoms with van der Waals surface area (Å²) in [6.45, 7) is 8.90. The molecule has 92 valence electrons. The van der Waals surface area contributed by atoms with Crippen LogP contribution >= 0.6 is 15.9 Å². The number of nitrogens with zero attached hydrogens (tertiary/aromatic N) is 1. The number of carbonyl (C=O) groups excluding carboxylic acids is 1. The lowest BCUT2D eigenvalue weighted by atomic mass is 10.1. The summed E-state index contributed by atoms with van der Waals surface area (Å²) in [5.74, 6) is -0.0245. The van der Waals surface area contributed by atoms with Gasteiger partial charge in [-0.3, -0.25) is 4.79 Å². The highest BCUT2D eigenvalue weighted by molar-refractivity contribution is 9.10. The van der Waals surface area contributed by atoms with E-state index >= 15 is 0 Å². The molecule has 1 aromatic rings. The quantitative estimate of drug-likeness (QED) is 0.686. The van der Waals surface area contributed by atoms with Gasteiger partial charge in [0.2, 0.25) is 0 Å². The molecule has 4 heteroatoms. The van der Waals surface area contributed by atoms with Gasteiger partial charge >= 0.3 is 0 Å². The summed E-state index contributed by atoms with van der Waals surface area (Å²) < 4.78 is 0.812. The first-order valence-corrected chi connectivity index (χ1v) is 6.23. The molecule has 1 amide bonds. The van der Waals surface area contributed by atoms with Crippen molar-refractivity contribution in [3.63, 3.8) is 0 Å². The van der Waals surface area contributed by atoms with Crippen molar-refractivity contribution in [1.82, 2.24) is 4.90 Å². The lowest BCUT2D eigenvalue weighted by Crippen LogP contribution is -2.32. The van der Waals surface area contributed by atoms with E-state index in [1.165, 1.54) is 0 Å². The SMILES string of the molecule is C=C(C)CN(CC)C(=O)c1cc(N)cc(Br)c1. The minimum Gasteiger partial charge on any atom is -0.399 e. The smallest absolute Gasteiger partial charge is 0.254 e. The van der Waals surface area contributed by atoms with Crippen molar-refractivity contribution >= 4 is 27.5 Å². The van der Waals surface area contributed by atoms with Crippen LogP contribution in [0.1, 0.15) is 24.2 Å². The normalized spacial score (nSPS) is 10.1. The van der Waals surface area contributed by atoms with Crippen LogP contribution in [0.5, 0.6) is 0 Å². The third kappa shape index (κ3) is 3.89. The van der Waals surface area contributed by atoms with Crippen molar-refractivity contribution in [2.24, 2.45) is 0 Å². The molecule has 1 aromatic carbocycles. The van der Waals surface area contributed by atoms with Gasteiger partial charge in [0.1, 0.15) is 0 Å². The Morgan fingerprint density at radius 1 is 1.47 bits per heavy atom. The lowest BCUT2D eigenvalue weighted by molar-refractivity contribution is 0.0778. The van der Waals surface area contributed by atoms with Crippen molar-refractivity contribution in [2.75, 3.05) is 18.8 Å². The highest BCUT2D eigenvalue weighted by Gasteiger charge is 2.14. The number of rotatable bonds is 4. The van der Waals surface area contributed by atoms with Crippen LogP contribution in [0.4, 0.5) is 5.69 Å². The second-order valence-electron chi connectivity index (χ2n) is 4.05. The summed E-state index contributed by atoms with van der Waals surface area (Å²) in [6.07, 6.45) is 0. The predicted octanol–water partition coefficient (Wildman–Crippen LogP) is 3.07. The summed E-state index contributed by atoms with van der Waals surface area (Å²) in [5.41, 5.74) is 7.86. The number of hydrogen-bond donors (Lipinski definition) is 1. The van der Waals surface area contributed by atoms with Crippen LogP contribution in [0.3, 0.4) is 0 Å². The zero-order chi connectivity index (χ0) is 13.0. The Kier molecular flexibility index (Phi) is 4.75. The first kappa shape index (κ1) is 13.8. The molecule has 0 atom stereocenters. The molecule has 0 spiro atoms. The van der Waals surface area contributed by atoms with Crippen LogP contribution in [0.15, 0.2) is 34.8 Å². The van der Waals surface area contributed by atoms with Gasteiger partial charge in [0.05, 0.1) is 0 Å². The van der Waals surface area contributed by atoms with Gasteiger partial charge in [0.15, 0.2) is 0 Å². The Labute approximate surface area is 110 Å². The maximum atomic E-state index is 12.2. The van der Waals surface area contributed by atoms with Gasteiger partial charge < -0.3 is 10.6 Å². The Balaban J connectivity index is 2.97. The number of amides is 1. The van der Waals surface area contributed by atoms with Crippen LogP contribution in [0, 0.1) is 0 Å². The van der Waals surface area contributed by atoms with E-state index in [2.05, 4.69) is 22.5 Å². The number of nitrogens with two attached hydrogens (primary N) is 1. The lowest BCUT2D eigenvalue weighted by Gasteiger charge is -2.21. The van der Waals surface area contributed by atoms with E-state index < -0.39 is 0 Å². The molecule has 0 unspecified atom stereocenters. The van der Waals surface area contributed by atoms with Crippen molar-refractivity contribution < 1.29 is 4.79 Å². The van der Waals surface area contributed by atoms with Crippen molar-refractivity contribution in [2.45, 2.75) is 13.8 Å². The average Bonchev–Trinajstić information content (AvgIpc) is 2.23. The van der Waals surface area contributed by atoms with E-state index in [1.54, 1.807) is 23.1 Å². The molecular formula is C13H17BrN2O. The van der Waals surface area contributed by atoms with Gasteiger partial charge in [-0.1, -0.05) is 28.1 Å². The van der Waals surface area contributed by atoms with Gasteiger partial charge in [-0.15, -0.1) is 0 Å². The molecule has 0 aliphatic heterocycles. The molecular weight excluding hydrogens is 280 g/mol. The van der Waals surface area contributed by atoms with Crippen LogP contribution < -0.4 is 5.73 Å². The highest BCUT2D eigenvalue weighted by Crippen LogP contribution is 2.18. The largest absolute Gasteiger partial charge is 0.399 e. The fourth-order valence-corrected chi connectivity index (χ4v) is 2.08. The zero-order valence-corrected chi connectivity index (χ0v) is 11.8. The molecule has 0 bridgehead atoms. The molecule has 2 N–H and O–H groups in total. The van der Waals surface area contributed by atoms with Gasteiger partial charge in [0.25, 0.3) is 5.91 Å². The molecule has 0 aliphatic carbocycles. The Bertz CT molecular complexity index is 423. The summed E-state index contributed by atoms with van der Waals surface area (Å²) in [7, 11) is 0. The maximum Gasteiger partial charge on any atom is 0.254 e. The number of carbonyl (C=O) groups is 1. The van der Waals surface area contributed by atoms with E-state index in [-0.39, 0.29) is 5.91 Å². The zero-order valence-electron chi connectivity index (χ0n) is 10.2. The van der Waals surface area contributed by atoms with Crippen molar-refractivity contribution in [1.29, 1.82) is 0 Å². The second-order valence-corrected chi connectivity index (χ2v) is 4.97. The third-order valence-electron chi connectivity index (χ3n) is 2.30. The summed E-state index contributed by atoms with van der Waals surface area (Å²) in [4.78, 5) is 14.0. The molecule has 0 aromatic heterocycles. The Morgan fingerprint density at radius 2 is 2.12 bits per heavy atom. The van der Waals surface area contributed by atoms with Gasteiger partial charge in [0, 0.05) is 28.8 Å². The van der Waals surface area contributed by atoms with Crippen LogP contribution in [0.2, 0.25) is 0 Å². The van der Waals surface area contributed by atoms with Gasteiger partial charge in [-0.05, 0) is 32.0 Å². The molecule has 17 heavy (non-hydrogen) atoms. The van der Waals surface area contributed by atoms with Gasteiger partial charge in [-0.2, -0.15) is 0 Å². The molecule has 1 rings (SSSR count). The van der Waals surface area contributed by atoms with E-state index in [4.69, 9.17) is 5.73 Å². The fraction of sp³-hybridized carbons (Fsp3) is 0.308. The number of hydrogen-bond acceptors (Lipinski definition) is 2. The molecule has 0 saturated carbocycles. The number of anilines is 1. The van der Waals surface area contributed by atoms with Crippen molar-refractivity contribution in [3.05, 3.63) is 40.4 Å². The van der Waals surface area contributed by atoms with Crippen LogP contribution in [-0.4, -0.2) is 23.9 Å². The first-order chi connectivity index (χ1) is 7.93. The molecule has 0 saturated heterocycles. The highest BCUT2D eigenvalue weighted by atomic mass is 79.9. The summed E-state index contributed by atoms with van der Waals surface area (Å²) >= 11 is 3.33. The summed E-state index contributed by atoms with van der Waals surface area (Å²) in [5, 5.41) is 0. The van der Waals surface area contributed by atoms with Crippen LogP contribution in [-0.2, 0) is 0 Å². The minimum absolute atomic E-state index is 0.0245. The molecule has 0 aliphatic rings. The molecule has 0 fully saturated rings. The number of nitrogen functional groups attached to an aromatic ring is 1. The molecule has 0 heterocycles. The van der Waals surface area contributed by atoms with E-state index in [0.29, 0.717) is 24.3 Å². The summed E-state index contributed by atoms with van der Waals surface area (Å²) in [6, 6.07) is 5.24. The topological polar surface area (TPSA) is 46.3 Å². The third-order valence-corrected chi connectivity index (χ3v) is 2.75. The van der Waals surface area contributed by atoms with E-state index in [0.717, 1.165) is 10.0 Å². The number of halogens is 1. The number of benzene rings is 1. The second kappa shape index (κ2) is 5.87. The van der Waals surface area contributed by atoms with Crippen molar-refractivity contribution in [3.8, 4) is 0 Å². The van der Waals surface area contributed by atoms with Gasteiger partial charge in [-0.25, -0.2) is 0 Å². The first-order valence-electron chi connectivity index (χ1n) is 5.43.